The largest absolute Gasteiger partial charge is 0.460 e. The van der Waals surface area contributed by atoms with Crippen LogP contribution >= 0.6 is 0 Å². The highest BCUT2D eigenvalue weighted by atomic mass is 16.5. The summed E-state index contributed by atoms with van der Waals surface area (Å²) >= 11 is 0. The van der Waals surface area contributed by atoms with Crippen molar-refractivity contribution in [2.24, 2.45) is 5.73 Å². The van der Waals surface area contributed by atoms with Crippen molar-refractivity contribution in [1.82, 2.24) is 0 Å². The Morgan fingerprint density at radius 3 is 2.25 bits per heavy atom. The van der Waals surface area contributed by atoms with E-state index >= 15 is 0 Å². The van der Waals surface area contributed by atoms with Gasteiger partial charge in [-0.25, -0.2) is 4.79 Å². The molecule has 0 aliphatic rings. The van der Waals surface area contributed by atoms with Gasteiger partial charge in [0.1, 0.15) is 6.61 Å². The third-order valence-electron chi connectivity index (χ3n) is 1.61. The lowest BCUT2D eigenvalue weighted by Crippen LogP contribution is -2.04. The van der Waals surface area contributed by atoms with E-state index in [1.54, 1.807) is 0 Å². The van der Waals surface area contributed by atoms with Crippen LogP contribution in [0.3, 0.4) is 0 Å². The van der Waals surface area contributed by atoms with Crippen molar-refractivity contribution >= 4 is 5.97 Å². The molecule has 0 fully saturated rings. The van der Waals surface area contributed by atoms with Crippen molar-refractivity contribution in [2.45, 2.75) is 25.7 Å². The number of hydrogen-bond donors (Lipinski definition) is 3. The maximum absolute atomic E-state index is 10.1. The highest BCUT2D eigenvalue weighted by molar-refractivity contribution is 5.81. The minimum Gasteiger partial charge on any atom is -0.460 e. The molecule has 0 unspecified atom stereocenters. The molecule has 5 nitrogen and oxygen atoms in total. The molecule has 16 heavy (non-hydrogen) atoms. The van der Waals surface area contributed by atoms with Gasteiger partial charge in [0.25, 0.3) is 0 Å². The van der Waals surface area contributed by atoms with Gasteiger partial charge in [-0.1, -0.05) is 19.4 Å². The molecule has 0 aliphatic carbocycles. The summed E-state index contributed by atoms with van der Waals surface area (Å²) in [7, 11) is 0. The normalized spacial score (nSPS) is 8.94. The van der Waals surface area contributed by atoms with Gasteiger partial charge in [-0.2, -0.15) is 0 Å². The third-order valence-corrected chi connectivity index (χ3v) is 1.61. The van der Waals surface area contributed by atoms with Crippen LogP contribution in [0.1, 0.15) is 25.7 Å². The Kier molecular flexibility index (Phi) is 18.0. The van der Waals surface area contributed by atoms with Crippen LogP contribution < -0.4 is 5.73 Å². The lowest BCUT2D eigenvalue weighted by Gasteiger charge is -1.94. The van der Waals surface area contributed by atoms with Gasteiger partial charge in [0.15, 0.2) is 0 Å². The van der Waals surface area contributed by atoms with Crippen LogP contribution in [-0.2, 0) is 9.53 Å². The van der Waals surface area contributed by atoms with Gasteiger partial charge in [0.2, 0.25) is 0 Å². The molecular weight excluding hydrogens is 210 g/mol. The van der Waals surface area contributed by atoms with Crippen molar-refractivity contribution in [1.29, 1.82) is 0 Å². The molecule has 0 aromatic rings. The molecule has 0 atom stereocenters. The lowest BCUT2D eigenvalue weighted by atomic mass is 10.2. The van der Waals surface area contributed by atoms with E-state index < -0.39 is 5.97 Å². The zero-order chi connectivity index (χ0) is 12.6. The van der Waals surface area contributed by atoms with Gasteiger partial charge < -0.3 is 20.7 Å². The van der Waals surface area contributed by atoms with Crippen LogP contribution in [0.4, 0.5) is 0 Å². The minimum atomic E-state index is -0.501. The second-order valence-electron chi connectivity index (χ2n) is 3.02. The Hall–Kier alpha value is -0.910. The maximum Gasteiger partial charge on any atom is 0.330 e. The molecule has 0 radical (unpaired) electrons. The summed E-state index contributed by atoms with van der Waals surface area (Å²) < 4.78 is 4.33. The lowest BCUT2D eigenvalue weighted by molar-refractivity contribution is -0.138. The van der Waals surface area contributed by atoms with E-state index in [0.717, 1.165) is 38.3 Å². The maximum atomic E-state index is 10.1. The van der Waals surface area contributed by atoms with Gasteiger partial charge in [-0.3, -0.25) is 0 Å². The first kappa shape index (κ1) is 17.5. The summed E-state index contributed by atoms with van der Waals surface area (Å²) in [6, 6.07) is 0. The first-order valence-electron chi connectivity index (χ1n) is 5.43. The van der Waals surface area contributed by atoms with Crippen molar-refractivity contribution < 1.29 is 19.7 Å². The molecular formula is C11H23NO4. The number of nitrogens with two attached hydrogens (primary N) is 1. The van der Waals surface area contributed by atoms with Crippen LogP contribution in [0.15, 0.2) is 12.7 Å². The van der Waals surface area contributed by atoms with E-state index in [1.807, 2.05) is 0 Å². The fraction of sp³-hybridized carbons (Fsp3) is 0.727. The molecule has 0 saturated carbocycles. The van der Waals surface area contributed by atoms with Gasteiger partial charge >= 0.3 is 5.97 Å². The molecule has 5 heteroatoms. The van der Waals surface area contributed by atoms with Crippen molar-refractivity contribution in [3.63, 3.8) is 0 Å². The van der Waals surface area contributed by atoms with Crippen molar-refractivity contribution in [3.8, 4) is 0 Å². The molecule has 0 amide bonds. The van der Waals surface area contributed by atoms with Crippen molar-refractivity contribution in [3.05, 3.63) is 12.7 Å². The second kappa shape index (κ2) is 16.5. The van der Waals surface area contributed by atoms with Gasteiger partial charge in [-0.05, 0) is 19.4 Å². The Morgan fingerprint density at radius 1 is 1.19 bits per heavy atom. The molecule has 96 valence electrons. The summed E-state index contributed by atoms with van der Waals surface area (Å²) in [5, 5.41) is 16.4. The van der Waals surface area contributed by atoms with Crippen LogP contribution in [0, 0.1) is 0 Å². The van der Waals surface area contributed by atoms with E-state index in [-0.39, 0.29) is 13.2 Å². The number of unbranched alkanes of at least 4 members (excludes halogenated alkanes) is 3. The minimum absolute atomic E-state index is 0.0465. The number of aliphatic hydroxyl groups excluding tert-OH is 2. The summed E-state index contributed by atoms with van der Waals surface area (Å²) in [6.07, 6.45) is 5.36. The quantitative estimate of drug-likeness (QED) is 0.316. The number of rotatable bonds is 8. The summed E-state index contributed by atoms with van der Waals surface area (Å²) in [5.74, 6) is -0.501. The van der Waals surface area contributed by atoms with E-state index in [9.17, 15) is 4.79 Å². The summed E-state index contributed by atoms with van der Waals surface area (Å²) in [5.41, 5.74) is 5.25. The SMILES string of the molecule is C=CC(=O)OCCO.NCCCCCCO. The zero-order valence-corrected chi connectivity index (χ0v) is 9.73. The highest BCUT2D eigenvalue weighted by Crippen LogP contribution is 1.95. The number of hydrogen-bond acceptors (Lipinski definition) is 5. The molecule has 0 spiro atoms. The fourth-order valence-electron chi connectivity index (χ4n) is 0.815. The van der Waals surface area contributed by atoms with Crippen LogP contribution in [0.2, 0.25) is 0 Å². The van der Waals surface area contributed by atoms with Gasteiger partial charge in [0.05, 0.1) is 6.61 Å². The number of aliphatic hydroxyl groups is 2. The Balaban J connectivity index is 0. The molecule has 0 saturated heterocycles. The van der Waals surface area contributed by atoms with E-state index in [1.165, 1.54) is 0 Å². The molecule has 4 N–H and O–H groups in total. The molecule has 0 aromatic heterocycles. The van der Waals surface area contributed by atoms with Crippen LogP contribution in [0.25, 0.3) is 0 Å². The first-order chi connectivity index (χ1) is 7.72. The van der Waals surface area contributed by atoms with E-state index in [0.29, 0.717) is 6.61 Å². The standard InChI is InChI=1S/C6H15NO.C5H8O3/c7-5-3-1-2-4-6-8;1-2-5(7)8-4-3-6/h8H,1-7H2;2,6H,1,3-4H2. The van der Waals surface area contributed by atoms with Crippen molar-refractivity contribution in [2.75, 3.05) is 26.4 Å². The zero-order valence-electron chi connectivity index (χ0n) is 9.73. The summed E-state index contributed by atoms with van der Waals surface area (Å²) in [4.78, 5) is 10.1. The second-order valence-corrected chi connectivity index (χ2v) is 3.02. The Bertz CT molecular complexity index is 156. The fourth-order valence-corrected chi connectivity index (χ4v) is 0.815. The van der Waals surface area contributed by atoms with E-state index in [2.05, 4.69) is 11.3 Å². The Labute approximate surface area is 96.9 Å². The molecule has 0 bridgehead atoms. The number of esters is 1. The first-order valence-corrected chi connectivity index (χ1v) is 5.43. The summed E-state index contributed by atoms with van der Waals surface area (Å²) in [6.45, 7) is 4.17. The van der Waals surface area contributed by atoms with Gasteiger partial charge in [0, 0.05) is 12.7 Å². The van der Waals surface area contributed by atoms with Crippen LogP contribution in [-0.4, -0.2) is 42.5 Å². The number of carbonyl (C=O) groups excluding carboxylic acids is 1. The molecule has 0 heterocycles. The number of carbonyl (C=O) groups is 1. The van der Waals surface area contributed by atoms with Crippen LogP contribution in [0.5, 0.6) is 0 Å². The number of ether oxygens (including phenoxy) is 1. The molecule has 0 aromatic carbocycles. The van der Waals surface area contributed by atoms with E-state index in [4.69, 9.17) is 15.9 Å². The Morgan fingerprint density at radius 2 is 1.81 bits per heavy atom. The average Bonchev–Trinajstić information content (AvgIpc) is 2.32. The molecule has 0 rings (SSSR count). The third kappa shape index (κ3) is 18.8. The predicted molar refractivity (Wildman–Crippen MR) is 62.9 cm³/mol. The monoisotopic (exact) mass is 233 g/mol. The highest BCUT2D eigenvalue weighted by Gasteiger charge is 1.90. The molecule has 0 aliphatic heterocycles. The van der Waals surface area contributed by atoms with Gasteiger partial charge in [-0.15, -0.1) is 0 Å². The topological polar surface area (TPSA) is 92.8 Å². The average molecular weight is 233 g/mol. The smallest absolute Gasteiger partial charge is 0.330 e. The predicted octanol–water partition coefficient (Wildman–Crippen LogP) is 0.206.